The molecule has 370 valence electrons. The summed E-state index contributed by atoms with van der Waals surface area (Å²) < 4.78 is 49.6. The van der Waals surface area contributed by atoms with E-state index in [9.17, 15) is 80.1 Å². The smallest absolute Gasteiger partial charge is 0.343 e. The molecule has 66 heavy (non-hydrogen) atoms. The summed E-state index contributed by atoms with van der Waals surface area (Å²) in [4.78, 5) is 61.5. The average Bonchev–Trinajstić information content (AvgIpc) is 3.26. The molecule has 0 radical (unpaired) electrons. The van der Waals surface area contributed by atoms with Gasteiger partial charge in [0.2, 0.25) is 11.8 Å². The average molecular weight is 953 g/mol. The molecule has 4 aliphatic heterocycles. The zero-order valence-electron chi connectivity index (χ0n) is 34.9. The Hall–Kier alpha value is -4.57. The second-order valence-electron chi connectivity index (χ2n) is 15.4. The van der Waals surface area contributed by atoms with Crippen LogP contribution in [-0.4, -0.2) is 234 Å². The fraction of sp³-hybridized carbons (Fsp3) is 0.658. The van der Waals surface area contributed by atoms with Crippen molar-refractivity contribution in [1.29, 1.82) is 0 Å². The lowest BCUT2D eigenvalue weighted by Crippen LogP contribution is -2.70. The molecule has 20 atom stereocenters. The molecule has 2 amide bonds. The summed E-state index contributed by atoms with van der Waals surface area (Å²) in [7, 11) is 1.19. The molecular weight excluding hydrogens is 900 g/mol. The van der Waals surface area contributed by atoms with Crippen molar-refractivity contribution in [2.75, 3.05) is 20.3 Å². The van der Waals surface area contributed by atoms with Crippen molar-refractivity contribution in [3.8, 4) is 11.5 Å². The van der Waals surface area contributed by atoms with Crippen molar-refractivity contribution >= 4 is 35.8 Å². The number of carbonyl (C=O) groups excluding carboxylic acids is 3. The van der Waals surface area contributed by atoms with E-state index in [1.54, 1.807) is 0 Å². The molecule has 0 bridgehead atoms. The van der Waals surface area contributed by atoms with Crippen LogP contribution in [0.5, 0.6) is 11.5 Å². The molecule has 0 aromatic heterocycles. The van der Waals surface area contributed by atoms with Gasteiger partial charge < -0.3 is 115 Å². The number of aliphatic hydroxyl groups excluding tert-OH is 10. The number of carboxylic acid groups (broad SMARTS) is 2. The summed E-state index contributed by atoms with van der Waals surface area (Å²) in [5, 5.41) is 131. The minimum atomic E-state index is -2.34. The Balaban J connectivity index is 1.39. The van der Waals surface area contributed by atoms with Crippen LogP contribution in [0.1, 0.15) is 19.4 Å². The van der Waals surface area contributed by atoms with Crippen LogP contribution in [0.15, 0.2) is 24.3 Å². The number of methoxy groups -OCH3 is 1. The second kappa shape index (κ2) is 22.5. The molecule has 4 aliphatic rings. The van der Waals surface area contributed by atoms with Gasteiger partial charge in [0, 0.05) is 19.9 Å². The molecule has 4 fully saturated rings. The molecule has 28 heteroatoms. The number of nitrogens with one attached hydrogen (secondary N) is 2. The van der Waals surface area contributed by atoms with E-state index in [0.29, 0.717) is 5.56 Å². The monoisotopic (exact) mass is 952 g/mol. The third kappa shape index (κ3) is 11.7. The maximum absolute atomic E-state index is 13.4. The fourth-order valence-electron chi connectivity index (χ4n) is 7.49. The summed E-state index contributed by atoms with van der Waals surface area (Å²) >= 11 is 0. The first-order valence-corrected chi connectivity index (χ1v) is 19.9. The maximum Gasteiger partial charge on any atom is 0.343 e. The molecule has 0 unspecified atom stereocenters. The number of benzene rings is 1. The standard InChI is InChI=1S/C38H52N2O26/c1-11(43)39-19-28(21(47)16(9-41)60-34(19)56)62-38-27(53)25(51)30(32(66-38)33(54)55)64-36-20(40-12(2)44)29(22(48)17(10-42)61-36)63-37-26(52)23(49)24(50)31(65-37)35(57)59-14-6-4-13(5-7-18(45)46)8-15(14)58-3/h4-8,16-17,19-32,34,36-38,41-42,47-53,56H,9-10H2,1-3H3,(H,39,43)(H,40,44)(H,45,46)(H,54,55)/b7-5-/t16-,17-,19-,20-,21-,22-,23+,24+,25-,26-,27-,28-,29-,30+,31+,32+,34-,36+,37-,38-/m1/s1. The molecule has 0 aliphatic carbocycles. The highest BCUT2D eigenvalue weighted by Gasteiger charge is 2.57. The summed E-state index contributed by atoms with van der Waals surface area (Å²) in [6.45, 7) is 0.0498. The third-order valence-electron chi connectivity index (χ3n) is 10.7. The molecule has 4 saturated heterocycles. The number of ether oxygens (including phenoxy) is 9. The van der Waals surface area contributed by atoms with Crippen LogP contribution in [0.4, 0.5) is 0 Å². The number of carboxylic acids is 2. The van der Waals surface area contributed by atoms with Gasteiger partial charge in [-0.05, 0) is 23.8 Å². The Labute approximate surface area is 372 Å². The highest BCUT2D eigenvalue weighted by molar-refractivity contribution is 5.85. The molecule has 1 aromatic carbocycles. The van der Waals surface area contributed by atoms with Crippen molar-refractivity contribution < 1.29 is 128 Å². The topological polar surface area (TPSA) is 435 Å². The lowest BCUT2D eigenvalue weighted by molar-refractivity contribution is -0.368. The molecule has 5 rings (SSSR count). The van der Waals surface area contributed by atoms with Gasteiger partial charge in [0.15, 0.2) is 48.9 Å². The quantitative estimate of drug-likeness (QED) is 0.0416. The normalized spacial score (nSPS) is 39.4. The van der Waals surface area contributed by atoms with Gasteiger partial charge >= 0.3 is 17.9 Å². The van der Waals surface area contributed by atoms with E-state index in [1.165, 1.54) is 31.4 Å². The minimum Gasteiger partial charge on any atom is -0.493 e. The number of aliphatic carboxylic acids is 2. The second-order valence-corrected chi connectivity index (χ2v) is 15.4. The molecule has 28 nitrogen and oxygen atoms in total. The molecule has 14 N–H and O–H groups in total. The van der Waals surface area contributed by atoms with Crippen LogP contribution in [0.3, 0.4) is 0 Å². The first kappa shape index (κ1) is 52.4. The lowest BCUT2D eigenvalue weighted by atomic mass is 9.94. The fourth-order valence-corrected chi connectivity index (χ4v) is 7.49. The summed E-state index contributed by atoms with van der Waals surface area (Å²) in [6.07, 6.45) is -35.3. The van der Waals surface area contributed by atoms with Crippen molar-refractivity contribution in [3.63, 3.8) is 0 Å². The van der Waals surface area contributed by atoms with E-state index in [4.69, 9.17) is 47.7 Å². The highest BCUT2D eigenvalue weighted by Crippen LogP contribution is 2.36. The Kier molecular flexibility index (Phi) is 17.9. The number of carbonyl (C=O) groups is 5. The van der Waals surface area contributed by atoms with Gasteiger partial charge in [-0.25, -0.2) is 14.4 Å². The van der Waals surface area contributed by atoms with E-state index >= 15 is 0 Å². The van der Waals surface area contributed by atoms with E-state index < -0.39 is 166 Å². The van der Waals surface area contributed by atoms with Crippen molar-refractivity contribution in [2.45, 2.75) is 137 Å². The summed E-state index contributed by atoms with van der Waals surface area (Å²) in [5.74, 6) is -6.58. The van der Waals surface area contributed by atoms with Crippen LogP contribution in [0.2, 0.25) is 0 Å². The largest absolute Gasteiger partial charge is 0.493 e. The summed E-state index contributed by atoms with van der Waals surface area (Å²) in [6, 6.07) is 0.371. The zero-order valence-corrected chi connectivity index (χ0v) is 34.9. The van der Waals surface area contributed by atoms with E-state index in [1.807, 2.05) is 0 Å². The van der Waals surface area contributed by atoms with Crippen molar-refractivity contribution in [3.05, 3.63) is 29.8 Å². The first-order chi connectivity index (χ1) is 31.1. The van der Waals surface area contributed by atoms with Crippen LogP contribution in [0.25, 0.3) is 6.08 Å². The number of aliphatic hydroxyl groups is 10. The van der Waals surface area contributed by atoms with E-state index in [2.05, 4.69) is 10.6 Å². The third-order valence-corrected chi connectivity index (χ3v) is 10.7. The number of amides is 2. The minimum absolute atomic E-state index is 0.0990. The summed E-state index contributed by atoms with van der Waals surface area (Å²) in [5.41, 5.74) is 0.309. The predicted octanol–water partition coefficient (Wildman–Crippen LogP) is -7.65. The van der Waals surface area contributed by atoms with Crippen molar-refractivity contribution in [2.24, 2.45) is 0 Å². The SMILES string of the molecule is COc1cc(/C=C\C(=O)O)ccc1OC(=O)[C@H]1O[C@@H](O[C@H]2[C@H](O)[C@@H](CO)O[C@@H](O[C@H]3[C@H](O)[C@@H](O)[C@H](O[C@H]4[C@H](O)[C@@H](CO)O[C@@H](O)[C@@H]4NC(C)=O)O[C@@H]3C(=O)O)[C@@H]2NC(C)=O)[C@H](O)[C@@H](O)[C@@H]1O. The van der Waals surface area contributed by atoms with Crippen LogP contribution >= 0.6 is 0 Å². The molecular formula is C38H52N2O26. The maximum atomic E-state index is 13.4. The van der Waals surface area contributed by atoms with Crippen molar-refractivity contribution in [1.82, 2.24) is 10.6 Å². The van der Waals surface area contributed by atoms with E-state index in [-0.39, 0.29) is 11.5 Å². The van der Waals surface area contributed by atoms with Crippen LogP contribution in [0, 0.1) is 0 Å². The van der Waals surface area contributed by atoms with Gasteiger partial charge in [0.05, 0.1) is 20.3 Å². The van der Waals surface area contributed by atoms with E-state index in [0.717, 1.165) is 19.9 Å². The number of hydrogen-bond donors (Lipinski definition) is 14. The number of hydrogen-bond acceptors (Lipinski definition) is 24. The van der Waals surface area contributed by atoms with Gasteiger partial charge in [-0.15, -0.1) is 0 Å². The van der Waals surface area contributed by atoms with Gasteiger partial charge in [0.25, 0.3) is 0 Å². The Morgan fingerprint density at radius 2 is 1.15 bits per heavy atom. The zero-order chi connectivity index (χ0) is 48.9. The van der Waals surface area contributed by atoms with Crippen LogP contribution in [-0.2, 0) is 57.1 Å². The lowest BCUT2D eigenvalue weighted by Gasteiger charge is -2.49. The Morgan fingerprint density at radius 3 is 1.70 bits per heavy atom. The van der Waals surface area contributed by atoms with Crippen LogP contribution < -0.4 is 20.1 Å². The predicted molar refractivity (Wildman–Crippen MR) is 206 cm³/mol. The molecule has 1 aromatic rings. The van der Waals surface area contributed by atoms with Gasteiger partial charge in [-0.1, -0.05) is 6.07 Å². The number of esters is 1. The molecule has 0 saturated carbocycles. The van der Waals surface area contributed by atoms with Gasteiger partial charge in [-0.2, -0.15) is 0 Å². The highest BCUT2D eigenvalue weighted by atomic mass is 16.8. The molecule has 4 heterocycles. The Bertz CT molecular complexity index is 1910. The number of rotatable bonds is 16. The first-order valence-electron chi connectivity index (χ1n) is 19.9. The van der Waals surface area contributed by atoms with Gasteiger partial charge in [0.1, 0.15) is 85.3 Å². The molecule has 0 spiro atoms. The Morgan fingerprint density at radius 1 is 0.621 bits per heavy atom. The van der Waals surface area contributed by atoms with Gasteiger partial charge in [-0.3, -0.25) is 9.59 Å².